The van der Waals surface area contributed by atoms with Gasteiger partial charge in [-0.05, 0) is 37.1 Å². The average Bonchev–Trinajstić information content (AvgIpc) is 2.61. The summed E-state index contributed by atoms with van der Waals surface area (Å²) < 4.78 is 1.81. The summed E-state index contributed by atoms with van der Waals surface area (Å²) >= 11 is 6.11. The van der Waals surface area contributed by atoms with Crippen LogP contribution < -0.4 is 5.73 Å². The molecule has 4 heteroatoms. The normalized spacial score (nSPS) is 12.8. The van der Waals surface area contributed by atoms with Crippen LogP contribution in [0.4, 0.5) is 0 Å². The summed E-state index contributed by atoms with van der Waals surface area (Å²) in [6.07, 6.45) is 0. The van der Waals surface area contributed by atoms with Gasteiger partial charge in [-0.2, -0.15) is 5.10 Å². The number of aryl methyl sites for hydroxylation is 3. The van der Waals surface area contributed by atoms with E-state index in [-0.39, 0.29) is 6.04 Å². The molecule has 3 nitrogen and oxygen atoms in total. The van der Waals surface area contributed by atoms with E-state index in [0.717, 1.165) is 27.5 Å². The van der Waals surface area contributed by atoms with E-state index >= 15 is 0 Å². The van der Waals surface area contributed by atoms with Gasteiger partial charge >= 0.3 is 0 Å². The zero-order chi connectivity index (χ0) is 12.6. The zero-order valence-corrected chi connectivity index (χ0v) is 11.0. The Morgan fingerprint density at radius 2 is 2.00 bits per heavy atom. The van der Waals surface area contributed by atoms with Gasteiger partial charge in [0.25, 0.3) is 0 Å². The van der Waals surface area contributed by atoms with Crippen molar-refractivity contribution in [3.05, 3.63) is 51.8 Å². The highest BCUT2D eigenvalue weighted by atomic mass is 35.5. The largest absolute Gasteiger partial charge is 0.319 e. The number of nitrogens with two attached hydrogens (primary N) is 1. The first-order valence-corrected chi connectivity index (χ1v) is 5.89. The maximum atomic E-state index is 6.23. The molecular formula is C13H16ClN3. The highest BCUT2D eigenvalue weighted by Crippen LogP contribution is 2.24. The molecule has 17 heavy (non-hydrogen) atoms. The van der Waals surface area contributed by atoms with Crippen molar-refractivity contribution in [3.8, 4) is 0 Å². The Balaban J connectivity index is 2.40. The minimum Gasteiger partial charge on any atom is -0.319 e. The van der Waals surface area contributed by atoms with Gasteiger partial charge in [0.2, 0.25) is 0 Å². The van der Waals surface area contributed by atoms with E-state index in [0.29, 0.717) is 0 Å². The van der Waals surface area contributed by atoms with E-state index in [1.165, 1.54) is 0 Å². The van der Waals surface area contributed by atoms with Crippen LogP contribution in [-0.2, 0) is 7.05 Å². The standard InChI is InChI=1S/C13H16ClN3/c1-8-4-5-10(7-11(8)14)13(15)12-6-9(2)16-17(12)3/h4-7,13H,15H2,1-3H3. The topological polar surface area (TPSA) is 43.8 Å². The van der Waals surface area contributed by atoms with Gasteiger partial charge in [-0.3, -0.25) is 4.68 Å². The van der Waals surface area contributed by atoms with Crippen LogP contribution in [0.5, 0.6) is 0 Å². The first-order chi connectivity index (χ1) is 7.99. The second-order valence-electron chi connectivity index (χ2n) is 4.32. The molecule has 0 bridgehead atoms. The second-order valence-corrected chi connectivity index (χ2v) is 4.73. The molecule has 0 aliphatic carbocycles. The van der Waals surface area contributed by atoms with Crippen LogP contribution in [0.1, 0.15) is 28.6 Å². The van der Waals surface area contributed by atoms with Crippen LogP contribution in [-0.4, -0.2) is 9.78 Å². The maximum Gasteiger partial charge on any atom is 0.0723 e. The van der Waals surface area contributed by atoms with Gasteiger partial charge in [0.15, 0.2) is 0 Å². The number of nitrogens with zero attached hydrogens (tertiary/aromatic N) is 2. The minimum absolute atomic E-state index is 0.195. The Hall–Kier alpha value is -1.32. The van der Waals surface area contributed by atoms with Crippen LogP contribution in [0.3, 0.4) is 0 Å². The third-order valence-electron chi connectivity index (χ3n) is 2.91. The Morgan fingerprint density at radius 3 is 2.53 bits per heavy atom. The molecule has 1 heterocycles. The van der Waals surface area contributed by atoms with Gasteiger partial charge in [-0.25, -0.2) is 0 Å². The summed E-state index contributed by atoms with van der Waals surface area (Å²) in [6.45, 7) is 3.93. The summed E-state index contributed by atoms with van der Waals surface area (Å²) in [7, 11) is 1.90. The highest BCUT2D eigenvalue weighted by Gasteiger charge is 2.14. The molecule has 0 spiro atoms. The Labute approximate surface area is 106 Å². The maximum absolute atomic E-state index is 6.23. The second kappa shape index (κ2) is 4.51. The van der Waals surface area contributed by atoms with Crippen molar-refractivity contribution < 1.29 is 0 Å². The van der Waals surface area contributed by atoms with Gasteiger partial charge in [-0.15, -0.1) is 0 Å². The van der Waals surface area contributed by atoms with Crippen LogP contribution in [0.25, 0.3) is 0 Å². The first-order valence-electron chi connectivity index (χ1n) is 5.51. The van der Waals surface area contributed by atoms with Crippen molar-refractivity contribution in [2.45, 2.75) is 19.9 Å². The van der Waals surface area contributed by atoms with Crippen molar-refractivity contribution in [1.29, 1.82) is 0 Å². The molecule has 1 atom stereocenters. The Morgan fingerprint density at radius 1 is 1.29 bits per heavy atom. The third-order valence-corrected chi connectivity index (χ3v) is 3.32. The summed E-state index contributed by atoms with van der Waals surface area (Å²) in [5.74, 6) is 0. The molecule has 2 N–H and O–H groups in total. The van der Waals surface area contributed by atoms with Crippen molar-refractivity contribution in [1.82, 2.24) is 9.78 Å². The first kappa shape index (κ1) is 12.1. The smallest absolute Gasteiger partial charge is 0.0723 e. The van der Waals surface area contributed by atoms with Crippen LogP contribution in [0.15, 0.2) is 24.3 Å². The quantitative estimate of drug-likeness (QED) is 0.890. The molecular weight excluding hydrogens is 234 g/mol. The monoisotopic (exact) mass is 249 g/mol. The lowest BCUT2D eigenvalue weighted by Crippen LogP contribution is -2.15. The number of aromatic nitrogens is 2. The van der Waals surface area contributed by atoms with Crippen LogP contribution in [0, 0.1) is 13.8 Å². The van der Waals surface area contributed by atoms with Crippen molar-refractivity contribution in [2.24, 2.45) is 12.8 Å². The Bertz CT molecular complexity index is 546. The fourth-order valence-corrected chi connectivity index (χ4v) is 2.08. The van der Waals surface area contributed by atoms with E-state index in [2.05, 4.69) is 5.10 Å². The summed E-state index contributed by atoms with van der Waals surface area (Å²) in [5, 5.41) is 5.05. The van der Waals surface area contributed by atoms with E-state index in [4.69, 9.17) is 17.3 Å². The number of benzene rings is 1. The van der Waals surface area contributed by atoms with Gasteiger partial charge in [0, 0.05) is 12.1 Å². The predicted molar refractivity (Wildman–Crippen MR) is 70.2 cm³/mol. The molecule has 1 unspecified atom stereocenters. The number of hydrogen-bond donors (Lipinski definition) is 1. The molecule has 0 amide bonds. The van der Waals surface area contributed by atoms with Crippen molar-refractivity contribution >= 4 is 11.6 Å². The molecule has 0 saturated heterocycles. The fourth-order valence-electron chi connectivity index (χ4n) is 1.90. The lowest BCUT2D eigenvalue weighted by atomic mass is 10.0. The fraction of sp³-hybridized carbons (Fsp3) is 0.308. The van der Waals surface area contributed by atoms with E-state index in [9.17, 15) is 0 Å². The number of halogens is 1. The van der Waals surface area contributed by atoms with E-state index < -0.39 is 0 Å². The highest BCUT2D eigenvalue weighted by molar-refractivity contribution is 6.31. The van der Waals surface area contributed by atoms with Gasteiger partial charge in [-0.1, -0.05) is 23.7 Å². The molecule has 2 rings (SSSR count). The summed E-state index contributed by atoms with van der Waals surface area (Å²) in [6, 6.07) is 7.72. The Kier molecular flexibility index (Phi) is 3.22. The van der Waals surface area contributed by atoms with Gasteiger partial charge in [0.1, 0.15) is 0 Å². The van der Waals surface area contributed by atoms with E-state index in [1.54, 1.807) is 0 Å². The molecule has 90 valence electrons. The molecule has 1 aromatic carbocycles. The molecule has 2 aromatic rings. The molecule has 0 fully saturated rings. The minimum atomic E-state index is -0.195. The SMILES string of the molecule is Cc1cc(C(N)c2ccc(C)c(Cl)c2)n(C)n1. The van der Waals surface area contributed by atoms with Crippen LogP contribution >= 0.6 is 11.6 Å². The molecule has 0 radical (unpaired) electrons. The lowest BCUT2D eigenvalue weighted by Gasteiger charge is -2.13. The summed E-state index contributed by atoms with van der Waals surface area (Å²) in [5.41, 5.74) is 10.2. The summed E-state index contributed by atoms with van der Waals surface area (Å²) in [4.78, 5) is 0. The lowest BCUT2D eigenvalue weighted by molar-refractivity contribution is 0.669. The van der Waals surface area contributed by atoms with Crippen molar-refractivity contribution in [3.63, 3.8) is 0 Å². The molecule has 0 aliphatic rings. The molecule has 0 saturated carbocycles. The molecule has 1 aromatic heterocycles. The number of rotatable bonds is 2. The van der Waals surface area contributed by atoms with E-state index in [1.807, 2.05) is 49.8 Å². The molecule has 0 aliphatic heterocycles. The average molecular weight is 250 g/mol. The van der Waals surface area contributed by atoms with Gasteiger partial charge < -0.3 is 5.73 Å². The van der Waals surface area contributed by atoms with Crippen LogP contribution in [0.2, 0.25) is 5.02 Å². The third kappa shape index (κ3) is 2.35. The predicted octanol–water partition coefficient (Wildman–Crippen LogP) is 2.74. The van der Waals surface area contributed by atoms with Crippen molar-refractivity contribution in [2.75, 3.05) is 0 Å². The zero-order valence-electron chi connectivity index (χ0n) is 10.2. The number of hydrogen-bond acceptors (Lipinski definition) is 2. The van der Waals surface area contributed by atoms with Gasteiger partial charge in [0.05, 0.1) is 17.4 Å².